The van der Waals surface area contributed by atoms with E-state index in [1.165, 1.54) is 0 Å². The number of hydrogen-bond donors (Lipinski definition) is 1. The van der Waals surface area contributed by atoms with Crippen molar-refractivity contribution in [2.75, 3.05) is 24.6 Å². The molecule has 4 nitrogen and oxygen atoms in total. The van der Waals surface area contributed by atoms with Crippen molar-refractivity contribution in [3.05, 3.63) is 24.3 Å². The molecule has 20 heavy (non-hydrogen) atoms. The monoisotopic (exact) mass is 276 g/mol. The summed E-state index contributed by atoms with van der Waals surface area (Å²) in [5.74, 6) is 0.916. The van der Waals surface area contributed by atoms with Crippen molar-refractivity contribution in [1.29, 1.82) is 0 Å². The SMILES string of the molecule is CCC(CC)(CN)C(=O)N1CCCOc2ccccc21. The molecular weight excluding hydrogens is 252 g/mol. The fourth-order valence-electron chi connectivity index (χ4n) is 2.75. The number of hydrogen-bond acceptors (Lipinski definition) is 3. The van der Waals surface area contributed by atoms with Crippen molar-refractivity contribution in [3.8, 4) is 5.75 Å². The maximum Gasteiger partial charge on any atom is 0.234 e. The number of benzene rings is 1. The van der Waals surface area contributed by atoms with Gasteiger partial charge in [-0.05, 0) is 31.4 Å². The Morgan fingerprint density at radius 1 is 1.35 bits per heavy atom. The van der Waals surface area contributed by atoms with Gasteiger partial charge in [-0.15, -0.1) is 0 Å². The molecule has 2 N–H and O–H groups in total. The van der Waals surface area contributed by atoms with Crippen LogP contribution in [-0.4, -0.2) is 25.6 Å². The lowest BCUT2D eigenvalue weighted by Crippen LogP contribution is -2.48. The lowest BCUT2D eigenvalue weighted by atomic mass is 9.80. The number of fused-ring (bicyclic) bond motifs is 1. The van der Waals surface area contributed by atoms with E-state index >= 15 is 0 Å². The second-order valence-electron chi connectivity index (χ2n) is 5.32. The zero-order valence-corrected chi connectivity index (χ0v) is 12.4. The summed E-state index contributed by atoms with van der Waals surface area (Å²) in [6, 6.07) is 7.74. The number of rotatable bonds is 4. The topological polar surface area (TPSA) is 55.6 Å². The number of ether oxygens (including phenoxy) is 1. The average molecular weight is 276 g/mol. The van der Waals surface area contributed by atoms with Crippen LogP contribution in [0.3, 0.4) is 0 Å². The summed E-state index contributed by atoms with van der Waals surface area (Å²) in [7, 11) is 0. The molecule has 4 heteroatoms. The maximum absolute atomic E-state index is 13.0. The molecule has 0 fully saturated rings. The van der Waals surface area contributed by atoms with Crippen LogP contribution >= 0.6 is 0 Å². The lowest BCUT2D eigenvalue weighted by Gasteiger charge is -2.34. The molecule has 1 aromatic rings. The average Bonchev–Trinajstić information content (AvgIpc) is 2.71. The summed E-state index contributed by atoms with van der Waals surface area (Å²) < 4.78 is 5.72. The molecule has 0 aliphatic carbocycles. The van der Waals surface area contributed by atoms with Gasteiger partial charge in [-0.25, -0.2) is 0 Å². The van der Waals surface area contributed by atoms with E-state index in [9.17, 15) is 4.79 Å². The predicted molar refractivity (Wildman–Crippen MR) is 81.0 cm³/mol. The van der Waals surface area contributed by atoms with Crippen molar-refractivity contribution in [1.82, 2.24) is 0 Å². The smallest absolute Gasteiger partial charge is 0.234 e. The van der Waals surface area contributed by atoms with Crippen LogP contribution in [0.5, 0.6) is 5.75 Å². The molecule has 0 radical (unpaired) electrons. The van der Waals surface area contributed by atoms with Gasteiger partial charge in [-0.3, -0.25) is 4.79 Å². The molecule has 1 amide bonds. The van der Waals surface area contributed by atoms with Gasteiger partial charge in [-0.1, -0.05) is 26.0 Å². The largest absolute Gasteiger partial charge is 0.491 e. The van der Waals surface area contributed by atoms with E-state index in [1.54, 1.807) is 0 Å². The molecule has 0 aromatic heterocycles. The van der Waals surface area contributed by atoms with Gasteiger partial charge >= 0.3 is 0 Å². The minimum Gasteiger partial charge on any atom is -0.491 e. The van der Waals surface area contributed by atoms with E-state index in [2.05, 4.69) is 0 Å². The fraction of sp³-hybridized carbons (Fsp3) is 0.562. The highest BCUT2D eigenvalue weighted by molar-refractivity contribution is 5.99. The number of carbonyl (C=O) groups excluding carboxylic acids is 1. The minimum absolute atomic E-state index is 0.128. The van der Waals surface area contributed by atoms with E-state index in [1.807, 2.05) is 43.0 Å². The second-order valence-corrected chi connectivity index (χ2v) is 5.32. The normalized spacial score (nSPS) is 15.2. The Bertz CT molecular complexity index is 461. The molecule has 2 rings (SSSR count). The van der Waals surface area contributed by atoms with Crippen LogP contribution in [0.2, 0.25) is 0 Å². The van der Waals surface area contributed by atoms with Crippen LogP contribution in [0, 0.1) is 5.41 Å². The number of amides is 1. The van der Waals surface area contributed by atoms with Crippen molar-refractivity contribution < 1.29 is 9.53 Å². The van der Waals surface area contributed by atoms with Gasteiger partial charge in [0.15, 0.2) is 0 Å². The Balaban J connectivity index is 2.39. The first kappa shape index (κ1) is 14.9. The Kier molecular flexibility index (Phi) is 4.65. The van der Waals surface area contributed by atoms with Crippen molar-refractivity contribution in [2.24, 2.45) is 11.1 Å². The number of nitrogens with two attached hydrogens (primary N) is 1. The van der Waals surface area contributed by atoms with Crippen molar-refractivity contribution >= 4 is 11.6 Å². The Morgan fingerprint density at radius 3 is 2.70 bits per heavy atom. The fourth-order valence-corrected chi connectivity index (χ4v) is 2.75. The summed E-state index contributed by atoms with van der Waals surface area (Å²) >= 11 is 0. The van der Waals surface area contributed by atoms with Crippen LogP contribution in [0.15, 0.2) is 24.3 Å². The molecule has 1 aliphatic heterocycles. The molecule has 0 saturated heterocycles. The lowest BCUT2D eigenvalue weighted by molar-refractivity contribution is -0.128. The first-order chi connectivity index (χ1) is 9.68. The molecule has 1 aromatic carbocycles. The van der Waals surface area contributed by atoms with Gasteiger partial charge in [0, 0.05) is 13.1 Å². The highest BCUT2D eigenvalue weighted by Crippen LogP contribution is 2.35. The summed E-state index contributed by atoms with van der Waals surface area (Å²) in [6.45, 7) is 5.80. The van der Waals surface area contributed by atoms with Crippen LogP contribution in [0.4, 0.5) is 5.69 Å². The summed E-state index contributed by atoms with van der Waals surface area (Å²) in [4.78, 5) is 14.9. The van der Waals surface area contributed by atoms with Gasteiger partial charge in [0.1, 0.15) is 5.75 Å². The number of anilines is 1. The van der Waals surface area contributed by atoms with Crippen molar-refractivity contribution in [3.63, 3.8) is 0 Å². The Morgan fingerprint density at radius 2 is 2.05 bits per heavy atom. The summed E-state index contributed by atoms with van der Waals surface area (Å²) in [6.07, 6.45) is 2.37. The molecule has 0 bridgehead atoms. The van der Waals surface area contributed by atoms with E-state index in [0.29, 0.717) is 19.7 Å². The van der Waals surface area contributed by atoms with E-state index in [-0.39, 0.29) is 5.91 Å². The molecule has 110 valence electrons. The van der Waals surface area contributed by atoms with Gasteiger partial charge in [0.05, 0.1) is 17.7 Å². The van der Waals surface area contributed by atoms with Gasteiger partial charge in [0.2, 0.25) is 5.91 Å². The third kappa shape index (κ3) is 2.52. The standard InChI is InChI=1S/C16H24N2O2/c1-3-16(4-2,12-17)15(19)18-10-7-11-20-14-9-6-5-8-13(14)18/h5-6,8-9H,3-4,7,10-12,17H2,1-2H3. The second kappa shape index (κ2) is 6.27. The highest BCUT2D eigenvalue weighted by atomic mass is 16.5. The van der Waals surface area contributed by atoms with Crippen LogP contribution in [0.1, 0.15) is 33.1 Å². The third-order valence-electron chi connectivity index (χ3n) is 4.38. The van der Waals surface area contributed by atoms with Crippen LogP contribution in [-0.2, 0) is 4.79 Å². The van der Waals surface area contributed by atoms with E-state index < -0.39 is 5.41 Å². The molecule has 0 saturated carbocycles. The third-order valence-corrected chi connectivity index (χ3v) is 4.38. The van der Waals surface area contributed by atoms with Crippen LogP contribution in [0.25, 0.3) is 0 Å². The zero-order valence-electron chi connectivity index (χ0n) is 12.4. The summed E-state index contributed by atoms with van der Waals surface area (Å²) in [5.41, 5.74) is 6.33. The summed E-state index contributed by atoms with van der Waals surface area (Å²) in [5, 5.41) is 0. The molecule has 0 unspecified atom stereocenters. The molecule has 0 atom stereocenters. The van der Waals surface area contributed by atoms with Crippen molar-refractivity contribution in [2.45, 2.75) is 33.1 Å². The van der Waals surface area contributed by atoms with Crippen LogP contribution < -0.4 is 15.4 Å². The molecular formula is C16H24N2O2. The van der Waals surface area contributed by atoms with Gasteiger partial charge in [0.25, 0.3) is 0 Å². The molecule has 1 heterocycles. The maximum atomic E-state index is 13.0. The van der Waals surface area contributed by atoms with E-state index in [0.717, 1.165) is 30.7 Å². The first-order valence-electron chi connectivity index (χ1n) is 7.42. The molecule has 0 spiro atoms. The predicted octanol–water partition coefficient (Wildman–Crippen LogP) is 2.57. The van der Waals surface area contributed by atoms with Gasteiger partial charge < -0.3 is 15.4 Å². The van der Waals surface area contributed by atoms with E-state index in [4.69, 9.17) is 10.5 Å². The highest BCUT2D eigenvalue weighted by Gasteiger charge is 2.38. The Labute approximate surface area is 120 Å². The Hall–Kier alpha value is -1.55. The number of carbonyl (C=O) groups is 1. The van der Waals surface area contributed by atoms with Gasteiger partial charge in [-0.2, -0.15) is 0 Å². The quantitative estimate of drug-likeness (QED) is 0.919. The number of para-hydroxylation sites is 2. The zero-order chi connectivity index (χ0) is 14.6. The minimum atomic E-state index is -0.461. The molecule has 1 aliphatic rings. The number of nitrogens with zero attached hydrogens (tertiary/aromatic N) is 1. The first-order valence-corrected chi connectivity index (χ1v) is 7.42.